The van der Waals surface area contributed by atoms with Crippen molar-refractivity contribution in [1.82, 2.24) is 20.0 Å². The smallest absolute Gasteiger partial charge is 0.242 e. The Kier molecular flexibility index (Phi) is 4.29. The second kappa shape index (κ2) is 6.34. The van der Waals surface area contributed by atoms with Crippen LogP contribution in [0.5, 0.6) is 0 Å². The first-order valence-electron chi connectivity index (χ1n) is 7.02. The van der Waals surface area contributed by atoms with Crippen LogP contribution < -0.4 is 5.32 Å². The topological polar surface area (TPSA) is 68.6 Å². The number of amides is 1. The van der Waals surface area contributed by atoms with Gasteiger partial charge in [-0.3, -0.25) is 9.48 Å². The summed E-state index contributed by atoms with van der Waals surface area (Å²) in [5, 5.41) is 7.37. The van der Waals surface area contributed by atoms with E-state index in [1.165, 1.54) is 0 Å². The Morgan fingerprint density at radius 3 is 3.15 bits per heavy atom. The van der Waals surface area contributed by atoms with Crippen LogP contribution in [0.3, 0.4) is 0 Å². The third kappa shape index (κ3) is 3.17. The summed E-state index contributed by atoms with van der Waals surface area (Å²) < 4.78 is 12.9. The molecule has 1 aromatic heterocycles. The molecule has 7 heteroatoms. The number of ether oxygens (including phenoxy) is 2. The molecule has 1 N–H and O–H groups in total. The maximum Gasteiger partial charge on any atom is 0.242 e. The fourth-order valence-corrected chi connectivity index (χ4v) is 2.59. The molecule has 0 radical (unpaired) electrons. The van der Waals surface area contributed by atoms with Gasteiger partial charge in [0.15, 0.2) is 0 Å². The molecule has 0 spiro atoms. The molecule has 20 heavy (non-hydrogen) atoms. The van der Waals surface area contributed by atoms with E-state index in [0.717, 1.165) is 6.54 Å². The molecule has 0 aromatic carbocycles. The molecule has 0 aliphatic carbocycles. The zero-order valence-corrected chi connectivity index (χ0v) is 11.4. The zero-order valence-electron chi connectivity index (χ0n) is 11.4. The third-order valence-electron chi connectivity index (χ3n) is 3.62. The molecule has 1 amide bonds. The molecular formula is C13H20N4O3. The van der Waals surface area contributed by atoms with Crippen LogP contribution in [0.1, 0.15) is 0 Å². The molecule has 2 unspecified atom stereocenters. The third-order valence-corrected chi connectivity index (χ3v) is 3.62. The van der Waals surface area contributed by atoms with E-state index in [9.17, 15) is 4.79 Å². The molecule has 2 fully saturated rings. The second-order valence-electron chi connectivity index (χ2n) is 5.09. The highest BCUT2D eigenvalue weighted by atomic mass is 16.5. The summed E-state index contributed by atoms with van der Waals surface area (Å²) in [6.45, 7) is 4.37. The van der Waals surface area contributed by atoms with Crippen LogP contribution in [0.15, 0.2) is 18.5 Å². The SMILES string of the molecule is O=C(C1COCCN1)N1CCOC(Cn2cccn2)C1. The van der Waals surface area contributed by atoms with Crippen molar-refractivity contribution in [3.63, 3.8) is 0 Å². The van der Waals surface area contributed by atoms with Gasteiger partial charge in [-0.2, -0.15) is 5.10 Å². The molecule has 3 rings (SSSR count). The van der Waals surface area contributed by atoms with Crippen LogP contribution in [0.4, 0.5) is 0 Å². The van der Waals surface area contributed by atoms with E-state index >= 15 is 0 Å². The van der Waals surface area contributed by atoms with Crippen molar-refractivity contribution in [2.45, 2.75) is 18.7 Å². The molecule has 110 valence electrons. The molecule has 2 aliphatic rings. The van der Waals surface area contributed by atoms with E-state index in [-0.39, 0.29) is 18.1 Å². The van der Waals surface area contributed by atoms with E-state index in [2.05, 4.69) is 10.4 Å². The van der Waals surface area contributed by atoms with Gasteiger partial charge < -0.3 is 19.7 Å². The lowest BCUT2D eigenvalue weighted by Gasteiger charge is -2.36. The Morgan fingerprint density at radius 1 is 1.45 bits per heavy atom. The highest BCUT2D eigenvalue weighted by molar-refractivity contribution is 5.82. The van der Waals surface area contributed by atoms with Gasteiger partial charge in [-0.15, -0.1) is 0 Å². The van der Waals surface area contributed by atoms with Gasteiger partial charge in [-0.05, 0) is 6.07 Å². The van der Waals surface area contributed by atoms with Gasteiger partial charge in [0.05, 0.1) is 32.5 Å². The Hall–Kier alpha value is -1.44. The minimum atomic E-state index is -0.216. The largest absolute Gasteiger partial charge is 0.378 e. The van der Waals surface area contributed by atoms with Crippen molar-refractivity contribution in [2.24, 2.45) is 0 Å². The van der Waals surface area contributed by atoms with Gasteiger partial charge in [-0.25, -0.2) is 0 Å². The molecule has 3 heterocycles. The fraction of sp³-hybridized carbons (Fsp3) is 0.692. The predicted molar refractivity (Wildman–Crippen MR) is 71.2 cm³/mol. The van der Waals surface area contributed by atoms with Gasteiger partial charge in [0.25, 0.3) is 0 Å². The highest BCUT2D eigenvalue weighted by Gasteiger charge is 2.30. The van der Waals surface area contributed by atoms with Gasteiger partial charge in [-0.1, -0.05) is 0 Å². The van der Waals surface area contributed by atoms with Gasteiger partial charge in [0, 0.05) is 32.0 Å². The summed E-state index contributed by atoms with van der Waals surface area (Å²) in [5.41, 5.74) is 0. The van der Waals surface area contributed by atoms with E-state index in [1.807, 2.05) is 21.8 Å². The lowest BCUT2D eigenvalue weighted by molar-refractivity contribution is -0.144. The number of aromatic nitrogens is 2. The van der Waals surface area contributed by atoms with E-state index in [4.69, 9.17) is 9.47 Å². The number of nitrogens with one attached hydrogen (secondary N) is 1. The van der Waals surface area contributed by atoms with Crippen molar-refractivity contribution >= 4 is 5.91 Å². The average Bonchev–Trinajstić information content (AvgIpc) is 3.01. The molecular weight excluding hydrogens is 260 g/mol. The first kappa shape index (κ1) is 13.5. The Bertz CT molecular complexity index is 431. The van der Waals surface area contributed by atoms with Crippen molar-refractivity contribution < 1.29 is 14.3 Å². The summed E-state index contributed by atoms with van der Waals surface area (Å²) in [7, 11) is 0. The molecule has 0 saturated carbocycles. The van der Waals surface area contributed by atoms with Gasteiger partial charge in [0.1, 0.15) is 6.04 Å². The quantitative estimate of drug-likeness (QED) is 0.777. The zero-order chi connectivity index (χ0) is 13.8. The minimum absolute atomic E-state index is 0.00268. The van der Waals surface area contributed by atoms with Crippen LogP contribution in [-0.2, 0) is 20.8 Å². The normalized spacial score (nSPS) is 27.5. The Labute approximate surface area is 117 Å². The van der Waals surface area contributed by atoms with Crippen LogP contribution in [-0.4, -0.2) is 72.2 Å². The molecule has 2 aliphatic heterocycles. The molecule has 2 saturated heterocycles. The van der Waals surface area contributed by atoms with Gasteiger partial charge >= 0.3 is 0 Å². The molecule has 1 aromatic rings. The van der Waals surface area contributed by atoms with Crippen LogP contribution >= 0.6 is 0 Å². The summed E-state index contributed by atoms with van der Waals surface area (Å²) in [6.07, 6.45) is 3.65. The van der Waals surface area contributed by atoms with Crippen molar-refractivity contribution in [2.75, 3.05) is 39.5 Å². The Morgan fingerprint density at radius 2 is 2.40 bits per heavy atom. The summed E-state index contributed by atoms with van der Waals surface area (Å²) in [6, 6.07) is 1.67. The number of carbonyl (C=O) groups excluding carboxylic acids is 1. The van der Waals surface area contributed by atoms with Gasteiger partial charge in [0.2, 0.25) is 5.91 Å². The monoisotopic (exact) mass is 280 g/mol. The number of nitrogens with zero attached hydrogens (tertiary/aromatic N) is 3. The van der Waals surface area contributed by atoms with E-state index in [0.29, 0.717) is 39.5 Å². The summed E-state index contributed by atoms with van der Waals surface area (Å²) in [4.78, 5) is 14.3. The average molecular weight is 280 g/mol. The molecule has 2 atom stereocenters. The maximum atomic E-state index is 12.4. The van der Waals surface area contributed by atoms with Crippen LogP contribution in [0, 0.1) is 0 Å². The number of hydrogen-bond acceptors (Lipinski definition) is 5. The second-order valence-corrected chi connectivity index (χ2v) is 5.09. The first-order valence-corrected chi connectivity index (χ1v) is 7.02. The maximum absolute atomic E-state index is 12.4. The predicted octanol–water partition coefficient (Wildman–Crippen LogP) is -0.901. The summed E-state index contributed by atoms with van der Waals surface area (Å²) in [5.74, 6) is 0.110. The molecule has 7 nitrogen and oxygen atoms in total. The lowest BCUT2D eigenvalue weighted by Crippen LogP contribution is -2.56. The van der Waals surface area contributed by atoms with Crippen molar-refractivity contribution in [1.29, 1.82) is 0 Å². The number of hydrogen-bond donors (Lipinski definition) is 1. The Balaban J connectivity index is 1.55. The summed E-state index contributed by atoms with van der Waals surface area (Å²) >= 11 is 0. The standard InChI is InChI=1S/C13H20N4O3/c18-13(12-10-19-6-3-14-12)16-5-7-20-11(8-16)9-17-4-1-2-15-17/h1-2,4,11-12,14H,3,5-10H2. The molecule has 0 bridgehead atoms. The number of rotatable bonds is 3. The highest BCUT2D eigenvalue weighted by Crippen LogP contribution is 2.10. The fourth-order valence-electron chi connectivity index (χ4n) is 2.59. The van der Waals surface area contributed by atoms with Crippen LogP contribution in [0.2, 0.25) is 0 Å². The van der Waals surface area contributed by atoms with Crippen LogP contribution in [0.25, 0.3) is 0 Å². The first-order chi connectivity index (χ1) is 9.83. The van der Waals surface area contributed by atoms with Crippen molar-refractivity contribution in [3.05, 3.63) is 18.5 Å². The minimum Gasteiger partial charge on any atom is -0.378 e. The van der Waals surface area contributed by atoms with E-state index in [1.54, 1.807) is 6.20 Å². The van der Waals surface area contributed by atoms with E-state index < -0.39 is 0 Å². The lowest BCUT2D eigenvalue weighted by atomic mass is 10.2. The van der Waals surface area contributed by atoms with Crippen molar-refractivity contribution in [3.8, 4) is 0 Å². The number of morpholine rings is 2. The number of carbonyl (C=O) groups is 1.